The predicted molar refractivity (Wildman–Crippen MR) is 127 cm³/mol. The van der Waals surface area contributed by atoms with Crippen molar-refractivity contribution in [1.29, 1.82) is 0 Å². The van der Waals surface area contributed by atoms with Crippen LogP contribution in [0.5, 0.6) is 0 Å². The summed E-state index contributed by atoms with van der Waals surface area (Å²) in [5, 5.41) is 0. The van der Waals surface area contributed by atoms with Crippen LogP contribution in [0.3, 0.4) is 0 Å². The second-order valence-corrected chi connectivity index (χ2v) is 13.3. The Kier molecular flexibility index (Phi) is 8.09. The van der Waals surface area contributed by atoms with Gasteiger partial charge in [0.05, 0.1) is 0 Å². The highest BCUT2D eigenvalue weighted by atomic mass is 32.3. The van der Waals surface area contributed by atoms with Crippen LogP contribution >= 0.6 is 11.8 Å². The highest BCUT2D eigenvalue weighted by Crippen LogP contribution is 2.54. The summed E-state index contributed by atoms with van der Waals surface area (Å²) in [6, 6.07) is 0. The number of hydrogen-bond donors (Lipinski definition) is 1. The Balaban J connectivity index is 1.77. The van der Waals surface area contributed by atoms with Crippen molar-refractivity contribution < 1.29 is 21.8 Å². The van der Waals surface area contributed by atoms with Gasteiger partial charge in [-0.1, -0.05) is 69.4 Å². The van der Waals surface area contributed by atoms with E-state index in [-0.39, 0.29) is 23.6 Å². The molecule has 1 atom stereocenters. The molecule has 0 radical (unpaired) electrons. The van der Waals surface area contributed by atoms with E-state index in [2.05, 4.69) is 6.08 Å². The zero-order valence-electron chi connectivity index (χ0n) is 19.0. The second-order valence-electron chi connectivity index (χ2n) is 10.5. The molecule has 0 aromatic rings. The zero-order valence-corrected chi connectivity index (χ0v) is 20.7. The highest BCUT2D eigenvalue weighted by molar-refractivity contribution is 8.14. The Morgan fingerprint density at radius 3 is 1.84 bits per heavy atom. The molecular weight excluding hydrogens is 450 g/mol. The van der Waals surface area contributed by atoms with Gasteiger partial charge in [0.15, 0.2) is 0 Å². The summed E-state index contributed by atoms with van der Waals surface area (Å²) in [5.74, 6) is 1.07. The largest absolute Gasteiger partial charge is 0.421 e. The molecule has 0 amide bonds. The maximum absolute atomic E-state index is 14.7. The molecule has 1 N–H and O–H groups in total. The highest BCUT2D eigenvalue weighted by Gasteiger charge is 2.49. The molecular formula is C25H38F2O3S2. The first-order valence-electron chi connectivity index (χ1n) is 12.7. The maximum Gasteiger partial charge on any atom is 0.421 e. The number of thioether (sulfide) groups is 1. The van der Waals surface area contributed by atoms with Crippen LogP contribution in [0.25, 0.3) is 0 Å². The van der Waals surface area contributed by atoms with E-state index in [0.29, 0.717) is 16.7 Å². The lowest BCUT2D eigenvalue weighted by Crippen LogP contribution is -2.31. The molecule has 3 nitrogen and oxygen atoms in total. The summed E-state index contributed by atoms with van der Waals surface area (Å²) in [6.07, 6.45) is 20.0. The van der Waals surface area contributed by atoms with E-state index < -0.39 is 14.7 Å². The van der Waals surface area contributed by atoms with Crippen LogP contribution in [0.15, 0.2) is 22.1 Å². The van der Waals surface area contributed by atoms with Crippen LogP contribution in [-0.2, 0) is 10.1 Å². The summed E-state index contributed by atoms with van der Waals surface area (Å²) in [4.78, 5) is 0.575. The van der Waals surface area contributed by atoms with Crippen molar-refractivity contribution in [3.8, 4) is 0 Å². The van der Waals surface area contributed by atoms with Gasteiger partial charge in [-0.15, -0.1) is 0 Å². The third-order valence-corrected chi connectivity index (χ3v) is 10.8. The summed E-state index contributed by atoms with van der Waals surface area (Å²) in [7, 11) is -5.47. The molecule has 7 heteroatoms. The second kappa shape index (κ2) is 10.5. The molecule has 0 aromatic carbocycles. The standard InChI is InChI=1S/C25H38F2O3S2/c26-25(27,32(28,29)30)31-24-22(19-12-6-2-7-13-19)16-21(18-10-4-1-5-11-18)17-23(24)20-14-8-3-9-15-20/h16,18-20,23H,1-15,17H2,(H,28,29,30). The van der Waals surface area contributed by atoms with Crippen LogP contribution in [0, 0.1) is 23.7 Å². The van der Waals surface area contributed by atoms with Crippen molar-refractivity contribution in [2.24, 2.45) is 23.7 Å². The van der Waals surface area contributed by atoms with Crippen molar-refractivity contribution in [2.75, 3.05) is 0 Å². The van der Waals surface area contributed by atoms with Gasteiger partial charge in [-0.05, 0) is 90.9 Å². The molecule has 0 aliphatic heterocycles. The normalized spacial score (nSPS) is 28.1. The third-order valence-electron chi connectivity index (χ3n) is 8.34. The molecule has 0 heterocycles. The predicted octanol–water partition coefficient (Wildman–Crippen LogP) is 8.10. The molecule has 3 fully saturated rings. The number of halogens is 2. The van der Waals surface area contributed by atoms with Crippen molar-refractivity contribution in [1.82, 2.24) is 0 Å². The number of alkyl halides is 2. The molecule has 32 heavy (non-hydrogen) atoms. The first kappa shape index (κ1) is 24.7. The third kappa shape index (κ3) is 5.63. The van der Waals surface area contributed by atoms with E-state index in [1.165, 1.54) is 50.5 Å². The Bertz CT molecular complexity index is 816. The fraction of sp³-hybridized carbons (Fsp3) is 0.840. The van der Waals surface area contributed by atoms with Crippen molar-refractivity contribution in [2.45, 2.75) is 107 Å². The van der Waals surface area contributed by atoms with Gasteiger partial charge in [-0.3, -0.25) is 4.55 Å². The van der Waals surface area contributed by atoms with E-state index in [4.69, 9.17) is 0 Å². The monoisotopic (exact) mass is 488 g/mol. The van der Waals surface area contributed by atoms with E-state index in [0.717, 1.165) is 63.4 Å². The molecule has 182 valence electrons. The van der Waals surface area contributed by atoms with Gasteiger partial charge >= 0.3 is 14.7 Å². The fourth-order valence-electron chi connectivity index (χ4n) is 6.61. The van der Waals surface area contributed by atoms with Gasteiger partial charge in [0.2, 0.25) is 0 Å². The van der Waals surface area contributed by atoms with Crippen LogP contribution in [0.4, 0.5) is 8.78 Å². The average molecular weight is 489 g/mol. The van der Waals surface area contributed by atoms with Gasteiger partial charge < -0.3 is 0 Å². The summed E-state index contributed by atoms with van der Waals surface area (Å²) < 4.78 is 57.6. The van der Waals surface area contributed by atoms with Crippen LogP contribution in [-0.4, -0.2) is 17.6 Å². The molecule has 0 saturated heterocycles. The Morgan fingerprint density at radius 1 is 0.812 bits per heavy atom. The van der Waals surface area contributed by atoms with Crippen LogP contribution in [0.1, 0.15) is 103 Å². The Morgan fingerprint density at radius 2 is 1.31 bits per heavy atom. The SMILES string of the molecule is O=S(=O)(O)C(F)(F)SC1=C(C2CCCCC2)C=C(C2CCCCC2)CC1C1CCCCC1. The number of allylic oxidation sites excluding steroid dienone is 4. The lowest BCUT2D eigenvalue weighted by molar-refractivity contribution is 0.180. The fourth-order valence-corrected chi connectivity index (χ4v) is 8.33. The molecule has 4 aliphatic carbocycles. The van der Waals surface area contributed by atoms with Gasteiger partial charge in [0.25, 0.3) is 0 Å². The van der Waals surface area contributed by atoms with Gasteiger partial charge in [-0.25, -0.2) is 0 Å². The zero-order chi connectivity index (χ0) is 22.8. The maximum atomic E-state index is 14.7. The molecule has 1 unspecified atom stereocenters. The number of rotatable bonds is 6. The smallest absolute Gasteiger partial charge is 0.280 e. The Hall–Kier alpha value is -0.400. The van der Waals surface area contributed by atoms with Crippen molar-refractivity contribution >= 4 is 21.9 Å². The lowest BCUT2D eigenvalue weighted by Gasteiger charge is -2.41. The van der Waals surface area contributed by atoms with E-state index in [9.17, 15) is 21.8 Å². The molecule has 3 saturated carbocycles. The topological polar surface area (TPSA) is 54.4 Å². The van der Waals surface area contributed by atoms with Crippen LogP contribution < -0.4 is 0 Å². The van der Waals surface area contributed by atoms with Crippen LogP contribution in [0.2, 0.25) is 0 Å². The average Bonchev–Trinajstić information content (AvgIpc) is 2.80. The quantitative estimate of drug-likeness (QED) is 0.384. The first-order chi connectivity index (χ1) is 15.3. The molecule has 4 aliphatic rings. The summed E-state index contributed by atoms with van der Waals surface area (Å²) >= 11 is 0.146. The first-order valence-corrected chi connectivity index (χ1v) is 15.0. The minimum Gasteiger partial charge on any atom is -0.280 e. The minimum absolute atomic E-state index is 0.0354. The molecule has 4 rings (SSSR count). The number of hydrogen-bond acceptors (Lipinski definition) is 3. The van der Waals surface area contributed by atoms with Gasteiger partial charge in [-0.2, -0.15) is 17.2 Å². The lowest BCUT2D eigenvalue weighted by atomic mass is 9.68. The molecule has 0 spiro atoms. The molecule has 0 bridgehead atoms. The van der Waals surface area contributed by atoms with E-state index in [1.807, 2.05) is 0 Å². The molecule has 0 aromatic heterocycles. The van der Waals surface area contributed by atoms with E-state index in [1.54, 1.807) is 0 Å². The minimum atomic E-state index is -5.47. The van der Waals surface area contributed by atoms with Crippen molar-refractivity contribution in [3.63, 3.8) is 0 Å². The van der Waals surface area contributed by atoms with Crippen molar-refractivity contribution in [3.05, 3.63) is 22.1 Å². The van der Waals surface area contributed by atoms with E-state index >= 15 is 0 Å². The summed E-state index contributed by atoms with van der Waals surface area (Å²) in [6.45, 7) is 0. The van der Waals surface area contributed by atoms with Gasteiger partial charge in [0.1, 0.15) is 0 Å². The summed E-state index contributed by atoms with van der Waals surface area (Å²) in [5.41, 5.74) is 2.42. The van der Waals surface area contributed by atoms with Gasteiger partial charge in [0, 0.05) is 0 Å². The Labute approximate surface area is 196 Å².